The van der Waals surface area contributed by atoms with Gasteiger partial charge in [0.1, 0.15) is 12.0 Å². The van der Waals surface area contributed by atoms with E-state index in [9.17, 15) is 19.2 Å². The topological polar surface area (TPSA) is 95.6 Å². The second-order valence-corrected chi connectivity index (χ2v) is 4.94. The lowest BCUT2D eigenvalue weighted by Gasteiger charge is -2.44. The molecular formula is C12H17N3O4. The summed E-state index contributed by atoms with van der Waals surface area (Å²) < 4.78 is 0. The van der Waals surface area contributed by atoms with Gasteiger partial charge in [-0.25, -0.2) is 4.79 Å². The molecule has 0 aromatic rings. The van der Waals surface area contributed by atoms with Gasteiger partial charge in [-0.3, -0.25) is 24.6 Å². The van der Waals surface area contributed by atoms with E-state index in [2.05, 4.69) is 10.6 Å². The summed E-state index contributed by atoms with van der Waals surface area (Å²) in [5.74, 6) is -1.47. The second-order valence-electron chi connectivity index (χ2n) is 4.94. The van der Waals surface area contributed by atoms with Crippen LogP contribution in [0, 0.1) is 5.41 Å². The van der Waals surface area contributed by atoms with E-state index in [1.54, 1.807) is 0 Å². The molecule has 2 aliphatic rings. The zero-order valence-electron chi connectivity index (χ0n) is 10.8. The quantitative estimate of drug-likeness (QED) is 0.687. The number of nitrogens with zero attached hydrogens (tertiary/aromatic N) is 1. The molecule has 2 rings (SSSR count). The summed E-state index contributed by atoms with van der Waals surface area (Å²) in [7, 11) is 0. The maximum Gasteiger partial charge on any atom is 0.331 e. The summed E-state index contributed by atoms with van der Waals surface area (Å²) in [5, 5.41) is 4.76. The van der Waals surface area contributed by atoms with Crippen molar-refractivity contribution < 1.29 is 19.2 Å². The molecule has 7 heteroatoms. The van der Waals surface area contributed by atoms with Gasteiger partial charge >= 0.3 is 6.03 Å². The molecule has 1 saturated carbocycles. The fourth-order valence-electron chi connectivity index (χ4n) is 2.31. The van der Waals surface area contributed by atoms with Crippen LogP contribution in [0.5, 0.6) is 0 Å². The van der Waals surface area contributed by atoms with Crippen LogP contribution in [0.4, 0.5) is 4.79 Å². The number of amides is 5. The van der Waals surface area contributed by atoms with E-state index in [1.165, 1.54) is 0 Å². The third-order valence-corrected chi connectivity index (χ3v) is 3.64. The summed E-state index contributed by atoms with van der Waals surface area (Å²) in [4.78, 5) is 48.0. The maximum atomic E-state index is 12.2. The third kappa shape index (κ3) is 2.20. The number of barbiturate groups is 1. The smallest absolute Gasteiger partial charge is 0.331 e. The molecule has 0 bridgehead atoms. The van der Waals surface area contributed by atoms with Crippen LogP contribution in [0.2, 0.25) is 0 Å². The molecule has 1 saturated heterocycles. The predicted molar refractivity (Wildman–Crippen MR) is 64.8 cm³/mol. The molecule has 1 aliphatic heterocycles. The molecular weight excluding hydrogens is 250 g/mol. The van der Waals surface area contributed by atoms with Crippen molar-refractivity contribution in [3.63, 3.8) is 0 Å². The molecule has 0 atom stereocenters. The highest BCUT2D eigenvalue weighted by molar-refractivity contribution is 6.20. The first-order valence-corrected chi connectivity index (χ1v) is 6.45. The molecule has 1 spiro atoms. The Morgan fingerprint density at radius 2 is 2.05 bits per heavy atom. The Morgan fingerprint density at radius 3 is 2.58 bits per heavy atom. The van der Waals surface area contributed by atoms with Crippen molar-refractivity contribution in [2.45, 2.75) is 32.6 Å². The summed E-state index contributed by atoms with van der Waals surface area (Å²) >= 11 is 0. The number of carbonyl (C=O) groups excluding carboxylic acids is 4. The minimum absolute atomic E-state index is 0.334. The molecule has 104 valence electrons. The Bertz CT molecular complexity index is 442. The lowest BCUT2D eigenvalue weighted by atomic mass is 9.66. The van der Waals surface area contributed by atoms with Gasteiger partial charge in [0.15, 0.2) is 0 Å². The second kappa shape index (κ2) is 4.99. The SMILES string of the molecule is CCCNC(=O)CN1C(=O)NC(=O)C2(CCC2)C1=O. The number of carbonyl (C=O) groups is 4. The van der Waals surface area contributed by atoms with Crippen LogP contribution in [0.15, 0.2) is 0 Å². The van der Waals surface area contributed by atoms with Crippen LogP contribution in [0.25, 0.3) is 0 Å². The minimum atomic E-state index is -1.11. The number of hydrogen-bond acceptors (Lipinski definition) is 4. The van der Waals surface area contributed by atoms with E-state index >= 15 is 0 Å². The van der Waals surface area contributed by atoms with Gasteiger partial charge in [0, 0.05) is 6.54 Å². The highest BCUT2D eigenvalue weighted by Crippen LogP contribution is 2.44. The summed E-state index contributed by atoms with van der Waals surface area (Å²) in [5.41, 5.74) is -1.11. The van der Waals surface area contributed by atoms with E-state index in [0.717, 1.165) is 17.7 Å². The van der Waals surface area contributed by atoms with Gasteiger partial charge in [-0.2, -0.15) is 0 Å². The number of rotatable bonds is 4. The Morgan fingerprint density at radius 1 is 1.37 bits per heavy atom. The number of imide groups is 2. The Labute approximate surface area is 110 Å². The van der Waals surface area contributed by atoms with Crippen LogP contribution in [-0.2, 0) is 14.4 Å². The van der Waals surface area contributed by atoms with Gasteiger partial charge in [0.2, 0.25) is 17.7 Å². The monoisotopic (exact) mass is 267 g/mol. The van der Waals surface area contributed by atoms with Crippen molar-refractivity contribution in [1.29, 1.82) is 0 Å². The van der Waals surface area contributed by atoms with Gasteiger partial charge in [-0.15, -0.1) is 0 Å². The van der Waals surface area contributed by atoms with E-state index in [0.29, 0.717) is 19.4 Å². The van der Waals surface area contributed by atoms with Crippen molar-refractivity contribution in [3.05, 3.63) is 0 Å². The number of nitrogens with one attached hydrogen (secondary N) is 2. The minimum Gasteiger partial charge on any atom is -0.355 e. The molecule has 0 unspecified atom stereocenters. The molecule has 0 aromatic carbocycles. The molecule has 7 nitrogen and oxygen atoms in total. The molecule has 0 aromatic heterocycles. The van der Waals surface area contributed by atoms with E-state index in [-0.39, 0.29) is 6.54 Å². The van der Waals surface area contributed by atoms with Crippen molar-refractivity contribution in [1.82, 2.24) is 15.5 Å². The lowest BCUT2D eigenvalue weighted by Crippen LogP contribution is -2.67. The Hall–Kier alpha value is -1.92. The molecule has 2 fully saturated rings. The highest BCUT2D eigenvalue weighted by Gasteiger charge is 2.57. The van der Waals surface area contributed by atoms with E-state index in [4.69, 9.17) is 0 Å². The van der Waals surface area contributed by atoms with Crippen molar-refractivity contribution >= 4 is 23.8 Å². The average Bonchev–Trinajstić information content (AvgIpc) is 2.30. The standard InChI is InChI=1S/C12H17N3O4/c1-2-6-13-8(16)7-15-10(18)12(4-3-5-12)9(17)14-11(15)19/h2-7H2,1H3,(H,13,16)(H,14,17,19). The highest BCUT2D eigenvalue weighted by atomic mass is 16.2. The van der Waals surface area contributed by atoms with Crippen molar-refractivity contribution in [2.75, 3.05) is 13.1 Å². The summed E-state index contributed by atoms with van der Waals surface area (Å²) in [6, 6.07) is -0.806. The molecule has 19 heavy (non-hydrogen) atoms. The third-order valence-electron chi connectivity index (χ3n) is 3.64. The fraction of sp³-hybridized carbons (Fsp3) is 0.667. The Kier molecular flexibility index (Phi) is 3.55. The molecule has 5 amide bonds. The van der Waals surface area contributed by atoms with Crippen LogP contribution in [0.3, 0.4) is 0 Å². The van der Waals surface area contributed by atoms with Crippen LogP contribution in [0.1, 0.15) is 32.6 Å². The largest absolute Gasteiger partial charge is 0.355 e. The van der Waals surface area contributed by atoms with Gasteiger partial charge in [-0.05, 0) is 19.3 Å². The maximum absolute atomic E-state index is 12.2. The van der Waals surface area contributed by atoms with Gasteiger partial charge in [-0.1, -0.05) is 13.3 Å². The van der Waals surface area contributed by atoms with Crippen LogP contribution >= 0.6 is 0 Å². The summed E-state index contributed by atoms with van der Waals surface area (Å²) in [6.07, 6.45) is 2.44. The van der Waals surface area contributed by atoms with Gasteiger partial charge < -0.3 is 5.32 Å². The summed E-state index contributed by atoms with van der Waals surface area (Å²) in [6.45, 7) is 2.06. The average molecular weight is 267 g/mol. The zero-order chi connectivity index (χ0) is 14.0. The normalized spacial score (nSPS) is 21.1. The van der Waals surface area contributed by atoms with Gasteiger partial charge in [0.05, 0.1) is 0 Å². The molecule has 2 N–H and O–H groups in total. The zero-order valence-corrected chi connectivity index (χ0v) is 10.8. The number of urea groups is 1. The first-order valence-electron chi connectivity index (χ1n) is 6.45. The van der Waals surface area contributed by atoms with E-state index < -0.39 is 29.2 Å². The fourth-order valence-corrected chi connectivity index (χ4v) is 2.31. The molecule has 1 aliphatic carbocycles. The number of hydrogen-bond donors (Lipinski definition) is 2. The lowest BCUT2D eigenvalue weighted by molar-refractivity contribution is -0.158. The van der Waals surface area contributed by atoms with E-state index in [1.807, 2.05) is 6.92 Å². The van der Waals surface area contributed by atoms with Gasteiger partial charge in [0.25, 0.3) is 0 Å². The van der Waals surface area contributed by atoms with Crippen molar-refractivity contribution in [2.24, 2.45) is 5.41 Å². The Balaban J connectivity index is 2.07. The van der Waals surface area contributed by atoms with Crippen molar-refractivity contribution in [3.8, 4) is 0 Å². The van der Waals surface area contributed by atoms with Crippen LogP contribution in [-0.4, -0.2) is 41.7 Å². The first kappa shape index (κ1) is 13.5. The van der Waals surface area contributed by atoms with Crippen LogP contribution < -0.4 is 10.6 Å². The first-order chi connectivity index (χ1) is 9.01. The molecule has 0 radical (unpaired) electrons. The predicted octanol–water partition coefficient (Wildman–Crippen LogP) is -0.239. The molecule has 1 heterocycles.